The van der Waals surface area contributed by atoms with Crippen molar-refractivity contribution in [2.45, 2.75) is 13.8 Å². The average molecular weight is 336 g/mol. The Morgan fingerprint density at radius 1 is 1.12 bits per heavy atom. The highest BCUT2D eigenvalue weighted by molar-refractivity contribution is 5.73. The first-order valence-electron chi connectivity index (χ1n) is 8.18. The molecule has 0 radical (unpaired) electrons. The van der Waals surface area contributed by atoms with Crippen molar-refractivity contribution in [1.29, 1.82) is 0 Å². The van der Waals surface area contributed by atoms with Gasteiger partial charge in [0.05, 0.1) is 24.2 Å². The monoisotopic (exact) mass is 336 g/mol. The van der Waals surface area contributed by atoms with Crippen LogP contribution in [0.2, 0.25) is 0 Å². The maximum absolute atomic E-state index is 11.6. The van der Waals surface area contributed by atoms with Crippen molar-refractivity contribution in [3.8, 4) is 22.7 Å². The second-order valence-electron chi connectivity index (χ2n) is 5.56. The quantitative estimate of drug-likeness (QED) is 0.643. The largest absolute Gasteiger partial charge is 0.481 e. The highest BCUT2D eigenvalue weighted by atomic mass is 16.6. The Bertz CT molecular complexity index is 856. The molecule has 5 heteroatoms. The van der Waals surface area contributed by atoms with Crippen LogP contribution in [-0.4, -0.2) is 29.0 Å². The van der Waals surface area contributed by atoms with Crippen LogP contribution in [-0.2, 0) is 9.53 Å². The van der Waals surface area contributed by atoms with Crippen molar-refractivity contribution in [2.75, 3.05) is 13.2 Å². The molecule has 128 valence electrons. The minimum atomic E-state index is -0.384. The molecule has 0 N–H and O–H groups in total. The topological polar surface area (TPSA) is 53.4 Å². The number of aryl methyl sites for hydroxylation is 1. The lowest BCUT2D eigenvalue weighted by atomic mass is 10.1. The molecule has 0 bridgehead atoms. The lowest BCUT2D eigenvalue weighted by molar-refractivity contribution is -0.145. The summed E-state index contributed by atoms with van der Waals surface area (Å²) in [4.78, 5) is 11.6. The number of benzene rings is 2. The predicted octanol–water partition coefficient (Wildman–Crippen LogP) is 3.79. The summed E-state index contributed by atoms with van der Waals surface area (Å²) in [6, 6.07) is 17.7. The summed E-state index contributed by atoms with van der Waals surface area (Å²) >= 11 is 0. The summed E-state index contributed by atoms with van der Waals surface area (Å²) in [5, 5.41) is 4.43. The van der Waals surface area contributed by atoms with Crippen LogP contribution in [0.25, 0.3) is 16.9 Å². The summed E-state index contributed by atoms with van der Waals surface area (Å²) < 4.78 is 12.5. The molecule has 0 aliphatic carbocycles. The van der Waals surface area contributed by atoms with E-state index in [4.69, 9.17) is 9.47 Å². The third-order valence-corrected chi connectivity index (χ3v) is 3.71. The van der Waals surface area contributed by atoms with Gasteiger partial charge in [-0.25, -0.2) is 9.48 Å². The second-order valence-corrected chi connectivity index (χ2v) is 5.56. The number of ether oxygens (including phenoxy) is 2. The Morgan fingerprint density at radius 3 is 2.68 bits per heavy atom. The molecule has 0 fully saturated rings. The first-order valence-corrected chi connectivity index (χ1v) is 8.18. The van der Waals surface area contributed by atoms with Gasteiger partial charge in [-0.05, 0) is 44.2 Å². The van der Waals surface area contributed by atoms with E-state index in [9.17, 15) is 4.79 Å². The van der Waals surface area contributed by atoms with Crippen molar-refractivity contribution in [2.24, 2.45) is 0 Å². The van der Waals surface area contributed by atoms with Gasteiger partial charge in [-0.2, -0.15) is 5.10 Å². The van der Waals surface area contributed by atoms with Crippen LogP contribution < -0.4 is 4.74 Å². The lowest BCUT2D eigenvalue weighted by Gasteiger charge is -2.14. The van der Waals surface area contributed by atoms with E-state index in [1.807, 2.05) is 66.2 Å². The Hall–Kier alpha value is -3.08. The molecule has 3 rings (SSSR count). The SMILES string of the molecule is CCOC(=O)COc1ccc(C)cc1-c1ccnn1-c1ccccc1. The molecular weight excluding hydrogens is 316 g/mol. The van der Waals surface area contributed by atoms with Gasteiger partial charge in [-0.3, -0.25) is 0 Å². The van der Waals surface area contributed by atoms with Gasteiger partial charge in [0, 0.05) is 5.56 Å². The van der Waals surface area contributed by atoms with Crippen molar-refractivity contribution in [3.05, 3.63) is 66.4 Å². The highest BCUT2D eigenvalue weighted by Crippen LogP contribution is 2.32. The second kappa shape index (κ2) is 7.66. The van der Waals surface area contributed by atoms with Gasteiger partial charge >= 0.3 is 5.97 Å². The predicted molar refractivity (Wildman–Crippen MR) is 95.9 cm³/mol. The first kappa shape index (κ1) is 16.8. The third-order valence-electron chi connectivity index (χ3n) is 3.71. The van der Waals surface area contributed by atoms with E-state index in [0.29, 0.717) is 12.4 Å². The fourth-order valence-electron chi connectivity index (χ4n) is 2.59. The minimum Gasteiger partial charge on any atom is -0.481 e. The average Bonchev–Trinajstić information content (AvgIpc) is 3.11. The van der Waals surface area contributed by atoms with Crippen LogP contribution in [0.4, 0.5) is 0 Å². The molecule has 1 heterocycles. The van der Waals surface area contributed by atoms with Crippen molar-refractivity contribution < 1.29 is 14.3 Å². The Balaban J connectivity index is 1.96. The van der Waals surface area contributed by atoms with Gasteiger partial charge in [0.2, 0.25) is 0 Å². The standard InChI is InChI=1S/C20H20N2O3/c1-3-24-20(23)14-25-19-10-9-15(2)13-17(19)18-11-12-21-22(18)16-7-5-4-6-8-16/h4-13H,3,14H2,1-2H3. The van der Waals surface area contributed by atoms with E-state index < -0.39 is 0 Å². The molecule has 0 amide bonds. The summed E-state index contributed by atoms with van der Waals surface area (Å²) in [7, 11) is 0. The summed E-state index contributed by atoms with van der Waals surface area (Å²) in [5.74, 6) is 0.238. The first-order chi connectivity index (χ1) is 12.2. The molecule has 0 spiro atoms. The zero-order valence-electron chi connectivity index (χ0n) is 14.3. The fourth-order valence-corrected chi connectivity index (χ4v) is 2.59. The molecule has 1 aromatic heterocycles. The summed E-state index contributed by atoms with van der Waals surface area (Å²) in [6.07, 6.45) is 1.75. The molecule has 3 aromatic rings. The summed E-state index contributed by atoms with van der Waals surface area (Å²) in [5.41, 5.74) is 3.83. The maximum atomic E-state index is 11.6. The fraction of sp³-hybridized carbons (Fsp3) is 0.200. The number of aromatic nitrogens is 2. The van der Waals surface area contributed by atoms with E-state index in [1.165, 1.54) is 0 Å². The van der Waals surface area contributed by atoms with E-state index in [-0.39, 0.29) is 12.6 Å². The van der Waals surface area contributed by atoms with Crippen LogP contribution >= 0.6 is 0 Å². The molecule has 25 heavy (non-hydrogen) atoms. The van der Waals surface area contributed by atoms with Crippen LogP contribution in [0.3, 0.4) is 0 Å². The number of hydrogen-bond donors (Lipinski definition) is 0. The lowest BCUT2D eigenvalue weighted by Crippen LogP contribution is -2.15. The molecule has 2 aromatic carbocycles. The zero-order valence-corrected chi connectivity index (χ0v) is 14.3. The van der Waals surface area contributed by atoms with Crippen molar-refractivity contribution in [1.82, 2.24) is 9.78 Å². The van der Waals surface area contributed by atoms with Gasteiger partial charge in [-0.15, -0.1) is 0 Å². The number of esters is 1. The van der Waals surface area contributed by atoms with E-state index in [1.54, 1.807) is 13.1 Å². The molecule has 5 nitrogen and oxygen atoms in total. The summed E-state index contributed by atoms with van der Waals surface area (Å²) in [6.45, 7) is 4.00. The molecule has 0 aliphatic heterocycles. The van der Waals surface area contributed by atoms with E-state index >= 15 is 0 Å². The van der Waals surface area contributed by atoms with Crippen molar-refractivity contribution in [3.63, 3.8) is 0 Å². The number of nitrogens with zero attached hydrogens (tertiary/aromatic N) is 2. The Labute approximate surface area is 146 Å². The van der Waals surface area contributed by atoms with Gasteiger partial charge in [0.15, 0.2) is 6.61 Å². The molecule has 0 unspecified atom stereocenters. The van der Waals surface area contributed by atoms with Gasteiger partial charge < -0.3 is 9.47 Å². The van der Waals surface area contributed by atoms with Crippen LogP contribution in [0.1, 0.15) is 12.5 Å². The third kappa shape index (κ3) is 3.88. The Morgan fingerprint density at radius 2 is 1.92 bits per heavy atom. The maximum Gasteiger partial charge on any atom is 0.344 e. The zero-order chi connectivity index (χ0) is 17.6. The van der Waals surface area contributed by atoms with Crippen LogP contribution in [0.15, 0.2) is 60.8 Å². The molecule has 0 saturated heterocycles. The molecular formula is C20H20N2O3. The highest BCUT2D eigenvalue weighted by Gasteiger charge is 2.14. The van der Waals surface area contributed by atoms with Crippen LogP contribution in [0.5, 0.6) is 5.75 Å². The van der Waals surface area contributed by atoms with E-state index in [0.717, 1.165) is 22.5 Å². The van der Waals surface area contributed by atoms with Gasteiger partial charge in [0.1, 0.15) is 5.75 Å². The molecule has 0 aliphatic rings. The number of para-hydroxylation sites is 1. The van der Waals surface area contributed by atoms with Gasteiger partial charge in [0.25, 0.3) is 0 Å². The van der Waals surface area contributed by atoms with Crippen LogP contribution in [0, 0.1) is 6.92 Å². The number of carbonyl (C=O) groups is 1. The Kier molecular flexibility index (Phi) is 5.14. The van der Waals surface area contributed by atoms with Gasteiger partial charge in [-0.1, -0.05) is 29.8 Å². The minimum absolute atomic E-state index is 0.122. The van der Waals surface area contributed by atoms with Crippen molar-refractivity contribution >= 4 is 5.97 Å². The molecule has 0 atom stereocenters. The number of hydrogen-bond acceptors (Lipinski definition) is 4. The van der Waals surface area contributed by atoms with E-state index in [2.05, 4.69) is 5.10 Å². The number of rotatable bonds is 6. The normalized spacial score (nSPS) is 10.5. The smallest absolute Gasteiger partial charge is 0.344 e. The number of carbonyl (C=O) groups excluding carboxylic acids is 1. The molecule has 0 saturated carbocycles.